The molecule has 0 aliphatic heterocycles. The van der Waals surface area contributed by atoms with Gasteiger partial charge in [0.2, 0.25) is 0 Å². The quantitative estimate of drug-likeness (QED) is 0.513. The first-order chi connectivity index (χ1) is 9.49. The zero-order valence-electron chi connectivity index (χ0n) is 10.8. The molecule has 0 saturated heterocycles. The van der Waals surface area contributed by atoms with Crippen LogP contribution in [-0.4, -0.2) is 10.8 Å². The minimum atomic E-state index is -0.578. The van der Waals surface area contributed by atoms with Crippen LogP contribution in [0.5, 0.6) is 0 Å². The van der Waals surface area contributed by atoms with Crippen molar-refractivity contribution in [3.05, 3.63) is 55.8 Å². The number of anilines is 1. The van der Waals surface area contributed by atoms with Crippen LogP contribution in [0.25, 0.3) is 0 Å². The topological polar surface area (TPSA) is 98.3 Å². The molecular weight excluding hydrogens is 278 g/mol. The molecule has 3 N–H and O–H groups in total. The van der Waals surface area contributed by atoms with Gasteiger partial charge in [0, 0.05) is 18.2 Å². The summed E-state index contributed by atoms with van der Waals surface area (Å²) in [6, 6.07) is 3.94. The summed E-state index contributed by atoms with van der Waals surface area (Å²) in [4.78, 5) is 22.0. The molecule has 20 heavy (non-hydrogen) atoms. The number of amides is 1. The highest BCUT2D eigenvalue weighted by atomic mass is 32.1. The lowest BCUT2D eigenvalue weighted by atomic mass is 10.1. The zero-order valence-corrected chi connectivity index (χ0v) is 11.6. The second-order valence-corrected chi connectivity index (χ2v) is 5.04. The van der Waals surface area contributed by atoms with Crippen LogP contribution in [0.3, 0.4) is 0 Å². The molecule has 0 aliphatic rings. The normalized spacial score (nSPS) is 10.2. The molecule has 1 amide bonds. The van der Waals surface area contributed by atoms with Crippen molar-refractivity contribution in [1.29, 1.82) is 0 Å². The van der Waals surface area contributed by atoms with Crippen LogP contribution in [0.2, 0.25) is 0 Å². The predicted molar refractivity (Wildman–Crippen MR) is 77.7 cm³/mol. The SMILES string of the molecule is Cc1cscc1CNC(=O)c1ccc([N+](=O)[O-])c(N)c1. The molecule has 6 nitrogen and oxygen atoms in total. The summed E-state index contributed by atoms with van der Waals surface area (Å²) < 4.78 is 0. The van der Waals surface area contributed by atoms with E-state index in [2.05, 4.69) is 5.32 Å². The first kappa shape index (κ1) is 14.0. The minimum absolute atomic E-state index is 0.0191. The number of thiophene rings is 1. The fourth-order valence-electron chi connectivity index (χ4n) is 1.71. The van der Waals surface area contributed by atoms with Crippen LogP contribution in [0.4, 0.5) is 11.4 Å². The lowest BCUT2D eigenvalue weighted by Gasteiger charge is -2.06. The third kappa shape index (κ3) is 2.94. The van der Waals surface area contributed by atoms with Crippen LogP contribution in [0, 0.1) is 17.0 Å². The van der Waals surface area contributed by atoms with Gasteiger partial charge in [-0.15, -0.1) is 0 Å². The number of nitrogens with one attached hydrogen (secondary N) is 1. The monoisotopic (exact) mass is 291 g/mol. The summed E-state index contributed by atoms with van der Waals surface area (Å²) >= 11 is 1.58. The number of nitro benzene ring substituents is 1. The Hall–Kier alpha value is -2.41. The lowest BCUT2D eigenvalue weighted by Crippen LogP contribution is -2.23. The van der Waals surface area contributed by atoms with E-state index in [9.17, 15) is 14.9 Å². The number of nitrogen functional groups attached to an aromatic ring is 1. The van der Waals surface area contributed by atoms with E-state index in [-0.39, 0.29) is 17.3 Å². The fraction of sp³-hybridized carbons (Fsp3) is 0.154. The number of nitrogens with two attached hydrogens (primary N) is 1. The number of carbonyl (C=O) groups excluding carboxylic acids is 1. The molecule has 1 aromatic carbocycles. The first-order valence-corrected chi connectivity index (χ1v) is 6.77. The Kier molecular flexibility index (Phi) is 3.99. The van der Waals surface area contributed by atoms with Crippen LogP contribution >= 0.6 is 11.3 Å². The van der Waals surface area contributed by atoms with Gasteiger partial charge in [0.1, 0.15) is 5.69 Å². The van der Waals surface area contributed by atoms with Crippen molar-refractivity contribution in [2.24, 2.45) is 0 Å². The highest BCUT2D eigenvalue weighted by molar-refractivity contribution is 7.08. The molecule has 0 unspecified atom stereocenters. The van der Waals surface area contributed by atoms with Gasteiger partial charge in [-0.1, -0.05) is 0 Å². The molecule has 7 heteroatoms. The van der Waals surface area contributed by atoms with Gasteiger partial charge in [-0.25, -0.2) is 0 Å². The fourth-order valence-corrected chi connectivity index (χ4v) is 2.56. The Morgan fingerprint density at radius 2 is 2.20 bits per heavy atom. The van der Waals surface area contributed by atoms with Gasteiger partial charge < -0.3 is 11.1 Å². The zero-order chi connectivity index (χ0) is 14.7. The van der Waals surface area contributed by atoms with Crippen LogP contribution in [0.1, 0.15) is 21.5 Å². The third-order valence-corrected chi connectivity index (χ3v) is 3.80. The molecule has 0 spiro atoms. The molecule has 0 bridgehead atoms. The standard InChI is InChI=1S/C13H13N3O3S/c1-8-6-20-7-10(8)5-15-13(17)9-2-3-12(16(18)19)11(14)4-9/h2-4,6-7H,5,14H2,1H3,(H,15,17). The summed E-state index contributed by atoms with van der Waals surface area (Å²) in [5.74, 6) is -0.308. The van der Waals surface area contributed by atoms with Crippen molar-refractivity contribution < 1.29 is 9.72 Å². The highest BCUT2D eigenvalue weighted by Gasteiger charge is 2.14. The van der Waals surface area contributed by atoms with Gasteiger partial charge in [0.25, 0.3) is 11.6 Å². The summed E-state index contributed by atoms with van der Waals surface area (Å²) in [6.07, 6.45) is 0. The largest absolute Gasteiger partial charge is 0.393 e. The van der Waals surface area contributed by atoms with E-state index < -0.39 is 4.92 Å². The molecule has 0 atom stereocenters. The molecule has 2 rings (SSSR count). The van der Waals surface area contributed by atoms with Crippen molar-refractivity contribution in [2.45, 2.75) is 13.5 Å². The summed E-state index contributed by atoms with van der Waals surface area (Å²) in [5.41, 5.74) is 7.82. The number of benzene rings is 1. The summed E-state index contributed by atoms with van der Waals surface area (Å²) in [6.45, 7) is 2.40. The molecule has 1 aromatic heterocycles. The van der Waals surface area contributed by atoms with Gasteiger partial charge in [0.15, 0.2) is 0 Å². The van der Waals surface area contributed by atoms with E-state index in [1.807, 2.05) is 17.7 Å². The predicted octanol–water partition coefficient (Wildman–Crippen LogP) is 2.48. The van der Waals surface area contributed by atoms with E-state index in [4.69, 9.17) is 5.73 Å². The number of rotatable bonds is 4. The third-order valence-electron chi connectivity index (χ3n) is 2.89. The molecule has 2 aromatic rings. The van der Waals surface area contributed by atoms with Crippen molar-refractivity contribution >= 4 is 28.6 Å². The van der Waals surface area contributed by atoms with Gasteiger partial charge in [-0.3, -0.25) is 14.9 Å². The Bertz CT molecular complexity index is 667. The molecule has 104 valence electrons. The Balaban J connectivity index is 2.08. The average molecular weight is 291 g/mol. The van der Waals surface area contributed by atoms with E-state index in [1.165, 1.54) is 18.2 Å². The number of nitrogens with zero attached hydrogens (tertiary/aromatic N) is 1. The van der Waals surface area contributed by atoms with Crippen molar-refractivity contribution in [2.75, 3.05) is 5.73 Å². The maximum Gasteiger partial charge on any atom is 0.292 e. The second kappa shape index (κ2) is 5.70. The number of nitro groups is 1. The summed E-state index contributed by atoms with van der Waals surface area (Å²) in [7, 11) is 0. The minimum Gasteiger partial charge on any atom is -0.393 e. The highest BCUT2D eigenvalue weighted by Crippen LogP contribution is 2.22. The Labute approximate surface area is 119 Å². The maximum absolute atomic E-state index is 12.0. The lowest BCUT2D eigenvalue weighted by molar-refractivity contribution is -0.383. The molecule has 1 heterocycles. The van der Waals surface area contributed by atoms with E-state index in [0.717, 1.165) is 11.1 Å². The van der Waals surface area contributed by atoms with Crippen LogP contribution in [0.15, 0.2) is 29.0 Å². The van der Waals surface area contributed by atoms with Crippen LogP contribution < -0.4 is 11.1 Å². The van der Waals surface area contributed by atoms with Crippen molar-refractivity contribution in [1.82, 2.24) is 5.32 Å². The maximum atomic E-state index is 12.0. The number of carbonyl (C=O) groups is 1. The molecular formula is C13H13N3O3S. The second-order valence-electron chi connectivity index (χ2n) is 4.29. The van der Waals surface area contributed by atoms with Crippen molar-refractivity contribution in [3.8, 4) is 0 Å². The average Bonchev–Trinajstić information content (AvgIpc) is 2.81. The van der Waals surface area contributed by atoms with Gasteiger partial charge in [0.05, 0.1) is 4.92 Å². The molecule has 0 radical (unpaired) electrons. The number of hydrogen-bond donors (Lipinski definition) is 2. The van der Waals surface area contributed by atoms with Crippen LogP contribution in [-0.2, 0) is 6.54 Å². The van der Waals surface area contributed by atoms with E-state index >= 15 is 0 Å². The molecule has 0 saturated carbocycles. The number of aryl methyl sites for hydroxylation is 1. The van der Waals surface area contributed by atoms with Gasteiger partial charge >= 0.3 is 0 Å². The van der Waals surface area contributed by atoms with E-state index in [0.29, 0.717) is 12.1 Å². The van der Waals surface area contributed by atoms with Gasteiger partial charge in [-0.05, 0) is 40.9 Å². The smallest absolute Gasteiger partial charge is 0.292 e. The Morgan fingerprint density at radius 3 is 2.75 bits per heavy atom. The van der Waals surface area contributed by atoms with Crippen molar-refractivity contribution in [3.63, 3.8) is 0 Å². The Morgan fingerprint density at radius 1 is 1.45 bits per heavy atom. The number of hydrogen-bond acceptors (Lipinski definition) is 5. The molecule has 0 aliphatic carbocycles. The summed E-state index contributed by atoms with van der Waals surface area (Å²) in [5, 5.41) is 17.4. The molecule has 0 fully saturated rings. The van der Waals surface area contributed by atoms with E-state index in [1.54, 1.807) is 11.3 Å². The van der Waals surface area contributed by atoms with Gasteiger partial charge in [-0.2, -0.15) is 11.3 Å². The first-order valence-electron chi connectivity index (χ1n) is 5.83.